The van der Waals surface area contributed by atoms with Crippen LogP contribution in [-0.2, 0) is 4.79 Å². The van der Waals surface area contributed by atoms with Gasteiger partial charge in [0.05, 0.1) is 5.60 Å². The molecule has 2 fully saturated rings. The van der Waals surface area contributed by atoms with Crippen molar-refractivity contribution in [1.29, 1.82) is 0 Å². The highest BCUT2D eigenvalue weighted by molar-refractivity contribution is 5.83. The Morgan fingerprint density at radius 3 is 2.86 bits per heavy atom. The van der Waals surface area contributed by atoms with Crippen LogP contribution in [0.2, 0.25) is 0 Å². The highest BCUT2D eigenvalue weighted by Crippen LogP contribution is 2.40. The van der Waals surface area contributed by atoms with Gasteiger partial charge in [-0.1, -0.05) is 12.8 Å². The molecule has 1 aromatic carbocycles. The summed E-state index contributed by atoms with van der Waals surface area (Å²) in [6.07, 6.45) is 3.97. The number of nitrogens with zero attached hydrogens (tertiary/aromatic N) is 1. The molecular weight excluding hydrogens is 370 g/mol. The van der Waals surface area contributed by atoms with Gasteiger partial charge in [0.2, 0.25) is 0 Å². The maximum atomic E-state index is 12.9. The molecule has 0 bridgehead atoms. The standard InChI is InChI=1S/C23H29NO5/c1-14-15(2)22(26)29-20-12-18(7-8-19(14)20)28-16(3)21(25)24-11-10-23(27)9-5-4-6-17(23)13-24/h7-8,12,16-17,27H,4-6,9-11,13H2,1-3H3/t16-,17-,23+/m1/s1. The number of aliphatic hydroxyl groups is 1. The van der Waals surface area contributed by atoms with Crippen molar-refractivity contribution >= 4 is 16.9 Å². The number of benzene rings is 1. The number of rotatable bonds is 3. The molecule has 1 saturated carbocycles. The molecule has 2 aromatic rings. The molecule has 6 heteroatoms. The van der Waals surface area contributed by atoms with E-state index < -0.39 is 11.7 Å². The summed E-state index contributed by atoms with van der Waals surface area (Å²) < 4.78 is 11.3. The van der Waals surface area contributed by atoms with Crippen molar-refractivity contribution in [2.24, 2.45) is 5.92 Å². The zero-order valence-electron chi connectivity index (χ0n) is 17.4. The molecule has 4 rings (SSSR count). The summed E-state index contributed by atoms with van der Waals surface area (Å²) in [6.45, 7) is 6.53. The number of hydrogen-bond donors (Lipinski definition) is 1. The van der Waals surface area contributed by atoms with E-state index in [0.29, 0.717) is 36.4 Å². The Labute approximate surface area is 170 Å². The molecule has 0 spiro atoms. The third-order valence-corrected chi connectivity index (χ3v) is 6.83. The highest BCUT2D eigenvalue weighted by Gasteiger charge is 2.44. The second-order valence-corrected chi connectivity index (χ2v) is 8.64. The first-order chi connectivity index (χ1) is 13.8. The molecule has 156 valence electrons. The van der Waals surface area contributed by atoms with E-state index in [-0.39, 0.29) is 17.5 Å². The van der Waals surface area contributed by atoms with Crippen LogP contribution in [0.15, 0.2) is 27.4 Å². The summed E-state index contributed by atoms with van der Waals surface area (Å²) in [5.41, 5.74) is 0.984. The van der Waals surface area contributed by atoms with Gasteiger partial charge in [-0.15, -0.1) is 0 Å². The lowest BCUT2D eigenvalue weighted by atomic mass is 9.71. The highest BCUT2D eigenvalue weighted by atomic mass is 16.5. The van der Waals surface area contributed by atoms with E-state index in [1.165, 1.54) is 0 Å². The largest absolute Gasteiger partial charge is 0.481 e. The Balaban J connectivity index is 1.47. The number of hydrogen-bond acceptors (Lipinski definition) is 5. The maximum Gasteiger partial charge on any atom is 0.339 e. The molecule has 3 atom stereocenters. The van der Waals surface area contributed by atoms with Crippen LogP contribution in [0.1, 0.15) is 50.2 Å². The van der Waals surface area contributed by atoms with Crippen molar-refractivity contribution in [3.63, 3.8) is 0 Å². The molecule has 1 saturated heterocycles. The summed E-state index contributed by atoms with van der Waals surface area (Å²) in [5.74, 6) is 0.581. The van der Waals surface area contributed by atoms with E-state index in [1.807, 2.05) is 17.9 Å². The lowest BCUT2D eigenvalue weighted by molar-refractivity contribution is -0.149. The second kappa shape index (κ2) is 7.48. The van der Waals surface area contributed by atoms with Crippen LogP contribution in [0.25, 0.3) is 11.0 Å². The lowest BCUT2D eigenvalue weighted by Crippen LogP contribution is -2.56. The molecule has 1 aromatic heterocycles. The van der Waals surface area contributed by atoms with Gasteiger partial charge in [0.15, 0.2) is 6.10 Å². The topological polar surface area (TPSA) is 80.0 Å². The summed E-state index contributed by atoms with van der Waals surface area (Å²) in [6, 6.07) is 5.33. The predicted octanol–water partition coefficient (Wildman–Crippen LogP) is 3.33. The number of amides is 1. The van der Waals surface area contributed by atoms with Crippen LogP contribution in [0.4, 0.5) is 0 Å². The SMILES string of the molecule is Cc1c(C)c2ccc(O[C@H](C)C(=O)N3CC[C@@]4(O)CCCC[C@@H]4C3)cc2oc1=O. The van der Waals surface area contributed by atoms with Gasteiger partial charge in [-0.25, -0.2) is 4.79 Å². The fourth-order valence-corrected chi connectivity index (χ4v) is 4.78. The minimum absolute atomic E-state index is 0.0701. The van der Waals surface area contributed by atoms with E-state index >= 15 is 0 Å². The van der Waals surface area contributed by atoms with Crippen molar-refractivity contribution in [1.82, 2.24) is 4.90 Å². The molecule has 6 nitrogen and oxygen atoms in total. The van der Waals surface area contributed by atoms with Gasteiger partial charge in [0, 0.05) is 36.0 Å². The third kappa shape index (κ3) is 3.66. The number of aryl methyl sites for hydroxylation is 1. The first kappa shape index (κ1) is 20.0. The summed E-state index contributed by atoms with van der Waals surface area (Å²) in [4.78, 5) is 26.7. The zero-order chi connectivity index (χ0) is 20.8. The monoisotopic (exact) mass is 399 g/mol. The van der Waals surface area contributed by atoms with Gasteiger partial charge in [-0.3, -0.25) is 4.79 Å². The minimum Gasteiger partial charge on any atom is -0.481 e. The molecule has 0 unspecified atom stereocenters. The fourth-order valence-electron chi connectivity index (χ4n) is 4.78. The van der Waals surface area contributed by atoms with Gasteiger partial charge in [0.25, 0.3) is 5.91 Å². The molecule has 0 radical (unpaired) electrons. The van der Waals surface area contributed by atoms with E-state index in [1.54, 1.807) is 26.0 Å². The van der Waals surface area contributed by atoms with Gasteiger partial charge in [-0.2, -0.15) is 0 Å². The third-order valence-electron chi connectivity index (χ3n) is 6.83. The van der Waals surface area contributed by atoms with Crippen molar-refractivity contribution in [2.45, 2.75) is 64.6 Å². The first-order valence-electron chi connectivity index (χ1n) is 10.5. The Morgan fingerprint density at radius 1 is 1.28 bits per heavy atom. The van der Waals surface area contributed by atoms with Crippen LogP contribution < -0.4 is 10.4 Å². The smallest absolute Gasteiger partial charge is 0.339 e. The number of piperidine rings is 1. The van der Waals surface area contributed by atoms with Crippen LogP contribution in [0.5, 0.6) is 5.75 Å². The number of ether oxygens (including phenoxy) is 1. The van der Waals surface area contributed by atoms with Crippen molar-refractivity contribution < 1.29 is 19.1 Å². The van der Waals surface area contributed by atoms with Gasteiger partial charge in [0.1, 0.15) is 11.3 Å². The van der Waals surface area contributed by atoms with Gasteiger partial charge < -0.3 is 19.2 Å². The average Bonchev–Trinajstić information content (AvgIpc) is 2.70. The fraction of sp³-hybridized carbons (Fsp3) is 0.565. The van der Waals surface area contributed by atoms with E-state index in [9.17, 15) is 14.7 Å². The Hall–Kier alpha value is -2.34. The van der Waals surface area contributed by atoms with Gasteiger partial charge in [-0.05, 0) is 57.7 Å². The lowest BCUT2D eigenvalue weighted by Gasteiger charge is -2.47. The molecule has 1 aliphatic carbocycles. The summed E-state index contributed by atoms with van der Waals surface area (Å²) >= 11 is 0. The molecule has 1 amide bonds. The van der Waals surface area contributed by atoms with Crippen LogP contribution in [-0.4, -0.2) is 40.7 Å². The molecule has 1 aliphatic heterocycles. The second-order valence-electron chi connectivity index (χ2n) is 8.64. The van der Waals surface area contributed by atoms with Crippen molar-refractivity contribution in [2.75, 3.05) is 13.1 Å². The van der Waals surface area contributed by atoms with Crippen LogP contribution in [0, 0.1) is 19.8 Å². The summed E-state index contributed by atoms with van der Waals surface area (Å²) in [5, 5.41) is 11.7. The van der Waals surface area contributed by atoms with Gasteiger partial charge >= 0.3 is 5.63 Å². The van der Waals surface area contributed by atoms with Crippen LogP contribution in [0.3, 0.4) is 0 Å². The van der Waals surface area contributed by atoms with Crippen molar-refractivity contribution in [3.8, 4) is 5.75 Å². The Bertz CT molecular complexity index is 997. The van der Waals surface area contributed by atoms with Crippen molar-refractivity contribution in [3.05, 3.63) is 39.7 Å². The zero-order valence-corrected chi connectivity index (χ0v) is 17.4. The number of fused-ring (bicyclic) bond motifs is 2. The molecule has 2 heterocycles. The minimum atomic E-state index is -0.652. The molecular formula is C23H29NO5. The molecule has 1 N–H and O–H groups in total. The summed E-state index contributed by atoms with van der Waals surface area (Å²) in [7, 11) is 0. The normalized spacial score (nSPS) is 25.5. The molecule has 2 aliphatic rings. The Kier molecular flexibility index (Phi) is 5.15. The van der Waals surface area contributed by atoms with E-state index in [4.69, 9.17) is 9.15 Å². The first-order valence-corrected chi connectivity index (χ1v) is 10.5. The predicted molar refractivity (Wildman–Crippen MR) is 110 cm³/mol. The number of carbonyl (C=O) groups excluding carboxylic acids is 1. The molecule has 29 heavy (non-hydrogen) atoms. The quantitative estimate of drug-likeness (QED) is 0.801. The van der Waals surface area contributed by atoms with Crippen LogP contribution >= 0.6 is 0 Å². The van der Waals surface area contributed by atoms with E-state index in [2.05, 4.69) is 0 Å². The number of carbonyl (C=O) groups is 1. The van der Waals surface area contributed by atoms with E-state index in [0.717, 1.165) is 36.6 Å². The number of likely N-dealkylation sites (tertiary alicyclic amines) is 1. The average molecular weight is 399 g/mol. The maximum absolute atomic E-state index is 12.9. The Morgan fingerprint density at radius 2 is 2.07 bits per heavy atom.